The van der Waals surface area contributed by atoms with Crippen LogP contribution in [0.25, 0.3) is 0 Å². The van der Waals surface area contributed by atoms with Crippen LogP contribution in [0.15, 0.2) is 0 Å². The van der Waals surface area contributed by atoms with Gasteiger partial charge in [0.1, 0.15) is 6.10 Å². The largest absolute Gasteiger partial charge is 0.348 e. The number of rotatable bonds is 3. The molecule has 0 aromatic carbocycles. The Labute approximate surface area is 116 Å². The van der Waals surface area contributed by atoms with Crippen molar-refractivity contribution in [3.8, 4) is 6.07 Å². The van der Waals surface area contributed by atoms with Crippen LogP contribution in [0.5, 0.6) is 0 Å². The van der Waals surface area contributed by atoms with Gasteiger partial charge in [-0.05, 0) is 41.9 Å². The molecule has 3 aliphatic rings. The minimum atomic E-state index is -0.317. The Morgan fingerprint density at radius 1 is 1.42 bits per heavy atom. The Morgan fingerprint density at radius 3 is 2.74 bits per heavy atom. The van der Waals surface area contributed by atoms with Crippen LogP contribution in [0.3, 0.4) is 0 Å². The van der Waals surface area contributed by atoms with Gasteiger partial charge in [0.2, 0.25) is 0 Å². The number of nitriles is 1. The maximum absolute atomic E-state index is 9.01. The first-order valence-electron chi connectivity index (χ1n) is 7.64. The molecular weight excluding hydrogens is 238 g/mol. The Bertz CT molecular complexity index is 413. The van der Waals surface area contributed by atoms with Crippen molar-refractivity contribution < 1.29 is 9.47 Å². The Balaban J connectivity index is 1.74. The Hall–Kier alpha value is -0.590. The molecule has 0 aromatic rings. The number of ether oxygens (including phenoxy) is 2. The fourth-order valence-electron chi connectivity index (χ4n) is 4.97. The first-order chi connectivity index (χ1) is 8.94. The molecule has 1 aliphatic heterocycles. The molecule has 3 fully saturated rings. The lowest BCUT2D eigenvalue weighted by atomic mass is 9.70. The van der Waals surface area contributed by atoms with Crippen molar-refractivity contribution in [2.24, 2.45) is 22.7 Å². The second-order valence-corrected chi connectivity index (χ2v) is 7.33. The molecule has 19 heavy (non-hydrogen) atoms. The smallest absolute Gasteiger partial charge is 0.160 e. The van der Waals surface area contributed by atoms with Crippen molar-refractivity contribution in [3.63, 3.8) is 0 Å². The summed E-state index contributed by atoms with van der Waals surface area (Å²) in [6.07, 6.45) is 4.18. The van der Waals surface area contributed by atoms with Crippen LogP contribution in [-0.4, -0.2) is 18.5 Å². The van der Waals surface area contributed by atoms with E-state index in [9.17, 15) is 0 Å². The van der Waals surface area contributed by atoms with Gasteiger partial charge in [-0.15, -0.1) is 0 Å². The summed E-state index contributed by atoms with van der Waals surface area (Å²) >= 11 is 0. The topological polar surface area (TPSA) is 42.2 Å². The van der Waals surface area contributed by atoms with Gasteiger partial charge in [0.05, 0.1) is 12.2 Å². The molecule has 3 rings (SSSR count). The first kappa shape index (κ1) is 13.4. The van der Waals surface area contributed by atoms with Gasteiger partial charge >= 0.3 is 0 Å². The van der Waals surface area contributed by atoms with Crippen LogP contribution in [0.2, 0.25) is 0 Å². The van der Waals surface area contributed by atoms with Crippen LogP contribution >= 0.6 is 0 Å². The zero-order valence-electron chi connectivity index (χ0n) is 12.5. The molecule has 0 N–H and O–H groups in total. The van der Waals surface area contributed by atoms with Crippen molar-refractivity contribution in [1.29, 1.82) is 5.26 Å². The van der Waals surface area contributed by atoms with Crippen LogP contribution < -0.4 is 0 Å². The van der Waals surface area contributed by atoms with E-state index in [1.54, 1.807) is 0 Å². The van der Waals surface area contributed by atoms with Crippen LogP contribution in [0.1, 0.15) is 53.4 Å². The van der Waals surface area contributed by atoms with Crippen molar-refractivity contribution in [2.45, 2.75) is 71.9 Å². The lowest BCUT2D eigenvalue weighted by Crippen LogP contribution is -2.38. The predicted molar refractivity (Wildman–Crippen MR) is 72.2 cm³/mol. The number of fused-ring (bicyclic) bond motifs is 5. The molecule has 0 unspecified atom stereocenters. The summed E-state index contributed by atoms with van der Waals surface area (Å²) in [6.45, 7) is 9.19. The van der Waals surface area contributed by atoms with Crippen molar-refractivity contribution in [1.82, 2.24) is 0 Å². The van der Waals surface area contributed by atoms with Gasteiger partial charge in [0.25, 0.3) is 0 Å². The van der Waals surface area contributed by atoms with E-state index in [0.717, 1.165) is 18.8 Å². The number of hydrogen-bond acceptors (Lipinski definition) is 3. The van der Waals surface area contributed by atoms with Crippen LogP contribution in [-0.2, 0) is 9.47 Å². The van der Waals surface area contributed by atoms with Crippen LogP contribution in [0.4, 0.5) is 0 Å². The third-order valence-electron chi connectivity index (χ3n) is 6.50. The van der Waals surface area contributed by atoms with E-state index in [0.29, 0.717) is 17.4 Å². The van der Waals surface area contributed by atoms with E-state index in [2.05, 4.69) is 26.8 Å². The lowest BCUT2D eigenvalue weighted by Gasteiger charge is -2.38. The molecule has 0 spiro atoms. The molecule has 1 saturated heterocycles. The van der Waals surface area contributed by atoms with Crippen molar-refractivity contribution in [2.75, 3.05) is 0 Å². The van der Waals surface area contributed by atoms with E-state index >= 15 is 0 Å². The van der Waals surface area contributed by atoms with E-state index in [4.69, 9.17) is 14.7 Å². The lowest BCUT2D eigenvalue weighted by molar-refractivity contribution is -0.176. The maximum atomic E-state index is 9.01. The second-order valence-electron chi connectivity index (χ2n) is 7.33. The molecule has 2 saturated carbocycles. The highest BCUT2D eigenvalue weighted by atomic mass is 16.7. The quantitative estimate of drug-likeness (QED) is 0.782. The Morgan fingerprint density at radius 2 is 2.16 bits per heavy atom. The summed E-state index contributed by atoms with van der Waals surface area (Å²) in [5, 5.41) is 9.01. The predicted octanol–water partition coefficient (Wildman–Crippen LogP) is 3.49. The molecule has 2 aliphatic carbocycles. The van der Waals surface area contributed by atoms with Gasteiger partial charge in [-0.25, -0.2) is 0 Å². The fraction of sp³-hybridized carbons (Fsp3) is 0.938. The highest BCUT2D eigenvalue weighted by Gasteiger charge is 2.69. The fourth-order valence-corrected chi connectivity index (χ4v) is 4.97. The average Bonchev–Trinajstić information content (AvgIpc) is 2.93. The maximum Gasteiger partial charge on any atom is 0.160 e. The number of hydrogen-bond donors (Lipinski definition) is 0. The molecule has 106 valence electrons. The normalized spacial score (nSPS) is 47.9. The third kappa shape index (κ3) is 1.63. The van der Waals surface area contributed by atoms with E-state index in [-0.39, 0.29) is 17.8 Å². The van der Waals surface area contributed by atoms with Gasteiger partial charge in [0.15, 0.2) is 6.29 Å². The molecule has 1 heterocycles. The van der Waals surface area contributed by atoms with Gasteiger partial charge in [0, 0.05) is 6.42 Å². The zero-order chi connectivity index (χ0) is 13.8. The van der Waals surface area contributed by atoms with E-state index in [1.807, 2.05) is 6.92 Å². The van der Waals surface area contributed by atoms with E-state index < -0.39 is 0 Å². The van der Waals surface area contributed by atoms with Gasteiger partial charge in [-0.3, -0.25) is 0 Å². The number of nitrogens with zero attached hydrogens (tertiary/aromatic N) is 1. The monoisotopic (exact) mass is 263 g/mol. The molecule has 3 heteroatoms. The van der Waals surface area contributed by atoms with Crippen molar-refractivity contribution in [3.05, 3.63) is 0 Å². The third-order valence-corrected chi connectivity index (χ3v) is 6.50. The molecule has 0 radical (unpaired) electrons. The molecule has 6 atom stereocenters. The average molecular weight is 263 g/mol. The van der Waals surface area contributed by atoms with Gasteiger partial charge in [-0.2, -0.15) is 5.26 Å². The summed E-state index contributed by atoms with van der Waals surface area (Å²) in [5.74, 6) is 1.40. The standard InChI is InChI=1S/C16H25NO2/c1-5-10(9-17)18-13-8-11-12-6-7-16(4,14(11)19-13)15(12,2)3/h10-14H,5-8H2,1-4H3/t10-,11+,12+,13+,14+,16-/m0/s1. The minimum Gasteiger partial charge on any atom is -0.348 e. The van der Waals surface area contributed by atoms with Gasteiger partial charge in [-0.1, -0.05) is 27.7 Å². The first-order valence-corrected chi connectivity index (χ1v) is 7.64. The highest BCUT2D eigenvalue weighted by molar-refractivity contribution is 5.16. The van der Waals surface area contributed by atoms with E-state index in [1.165, 1.54) is 12.8 Å². The summed E-state index contributed by atoms with van der Waals surface area (Å²) in [4.78, 5) is 0. The molecular formula is C16H25NO2. The van der Waals surface area contributed by atoms with Gasteiger partial charge < -0.3 is 9.47 Å². The second kappa shape index (κ2) is 4.20. The molecule has 2 bridgehead atoms. The summed E-state index contributed by atoms with van der Waals surface area (Å²) < 4.78 is 12.0. The zero-order valence-corrected chi connectivity index (χ0v) is 12.5. The summed E-state index contributed by atoms with van der Waals surface area (Å²) in [6, 6.07) is 2.21. The molecule has 0 aromatic heterocycles. The summed E-state index contributed by atoms with van der Waals surface area (Å²) in [7, 11) is 0. The molecule has 0 amide bonds. The van der Waals surface area contributed by atoms with Crippen LogP contribution in [0, 0.1) is 34.0 Å². The highest BCUT2D eigenvalue weighted by Crippen LogP contribution is 2.71. The SMILES string of the molecule is CC[C@@H](C#N)O[C@H]1C[C@@H]2[C@H]3CC[C@@](C)([C@@H]2O1)C3(C)C. The Kier molecular flexibility index (Phi) is 2.96. The minimum absolute atomic E-state index is 0.157. The summed E-state index contributed by atoms with van der Waals surface area (Å²) in [5.41, 5.74) is 0.668. The molecule has 3 nitrogen and oxygen atoms in total. The van der Waals surface area contributed by atoms with Crippen molar-refractivity contribution >= 4 is 0 Å².